The Morgan fingerprint density at radius 3 is 2.67 bits per heavy atom. The lowest BCUT2D eigenvalue weighted by Gasteiger charge is -2.12. The van der Waals surface area contributed by atoms with Crippen LogP contribution in [0.1, 0.15) is 26.3 Å². The van der Waals surface area contributed by atoms with E-state index in [-0.39, 0.29) is 5.91 Å². The normalized spacial score (nSPS) is 10.5. The molecule has 1 aromatic rings. The summed E-state index contributed by atoms with van der Waals surface area (Å²) in [7, 11) is 1.66. The fourth-order valence-corrected chi connectivity index (χ4v) is 1.75. The number of carbonyl (C=O) groups excluding carboxylic acids is 1. The summed E-state index contributed by atoms with van der Waals surface area (Å²) in [5, 5.41) is 6.14. The number of hydrogen-bond donors (Lipinski definition) is 2. The Balaban J connectivity index is 2.75. The van der Waals surface area contributed by atoms with Crippen molar-refractivity contribution in [2.45, 2.75) is 33.2 Å². The Morgan fingerprint density at radius 2 is 2.11 bits per heavy atom. The predicted molar refractivity (Wildman–Crippen MR) is 74.1 cm³/mol. The van der Waals surface area contributed by atoms with Crippen molar-refractivity contribution in [3.05, 3.63) is 23.8 Å². The highest BCUT2D eigenvalue weighted by molar-refractivity contribution is 5.88. The highest BCUT2D eigenvalue weighted by Gasteiger charge is 2.05. The van der Waals surface area contributed by atoms with Crippen molar-refractivity contribution in [2.24, 2.45) is 0 Å². The van der Waals surface area contributed by atoms with Crippen LogP contribution in [-0.2, 0) is 11.2 Å². The molecule has 1 rings (SSSR count). The second kappa shape index (κ2) is 7.01. The molecule has 0 aliphatic rings. The second-order valence-corrected chi connectivity index (χ2v) is 4.57. The number of benzene rings is 1. The van der Waals surface area contributed by atoms with Gasteiger partial charge in [-0.05, 0) is 36.7 Å². The third kappa shape index (κ3) is 4.75. The Kier molecular flexibility index (Phi) is 5.65. The fraction of sp³-hybridized carbons (Fsp3) is 0.500. The molecule has 18 heavy (non-hydrogen) atoms. The Morgan fingerprint density at radius 1 is 1.39 bits per heavy atom. The lowest BCUT2D eigenvalue weighted by Crippen LogP contribution is -2.25. The van der Waals surface area contributed by atoms with Crippen LogP contribution in [0.5, 0.6) is 5.75 Å². The van der Waals surface area contributed by atoms with Gasteiger partial charge in [0, 0.05) is 18.7 Å². The van der Waals surface area contributed by atoms with Crippen molar-refractivity contribution in [1.29, 1.82) is 0 Å². The molecule has 4 nitrogen and oxygen atoms in total. The quantitative estimate of drug-likeness (QED) is 0.813. The van der Waals surface area contributed by atoms with E-state index >= 15 is 0 Å². The molecule has 1 amide bonds. The fourth-order valence-electron chi connectivity index (χ4n) is 1.75. The van der Waals surface area contributed by atoms with E-state index in [2.05, 4.69) is 24.5 Å². The molecule has 0 heterocycles. The minimum Gasteiger partial charge on any atom is -0.496 e. The number of hydrogen-bond acceptors (Lipinski definition) is 3. The molecule has 0 saturated heterocycles. The summed E-state index contributed by atoms with van der Waals surface area (Å²) in [4.78, 5) is 11.0. The molecule has 0 atom stereocenters. The number of rotatable bonds is 6. The molecule has 0 radical (unpaired) electrons. The molecule has 100 valence electrons. The van der Waals surface area contributed by atoms with E-state index in [1.165, 1.54) is 6.92 Å². The Bertz CT molecular complexity index is 403. The second-order valence-electron chi connectivity index (χ2n) is 4.57. The van der Waals surface area contributed by atoms with E-state index < -0.39 is 0 Å². The first kappa shape index (κ1) is 14.5. The first-order valence-corrected chi connectivity index (χ1v) is 6.21. The minimum atomic E-state index is -0.0635. The van der Waals surface area contributed by atoms with Crippen LogP contribution >= 0.6 is 0 Å². The number of nitrogens with one attached hydrogen (secondary N) is 2. The van der Waals surface area contributed by atoms with Crippen LogP contribution in [0.4, 0.5) is 5.69 Å². The summed E-state index contributed by atoms with van der Waals surface area (Å²) in [6.07, 6.45) is 0.870. The summed E-state index contributed by atoms with van der Waals surface area (Å²) >= 11 is 0. The van der Waals surface area contributed by atoms with Crippen LogP contribution in [0.15, 0.2) is 18.2 Å². The van der Waals surface area contributed by atoms with Gasteiger partial charge < -0.3 is 15.4 Å². The molecule has 0 fully saturated rings. The van der Waals surface area contributed by atoms with Crippen molar-refractivity contribution in [1.82, 2.24) is 5.32 Å². The lowest BCUT2D eigenvalue weighted by molar-refractivity contribution is -0.114. The molecule has 0 aliphatic carbocycles. The summed E-state index contributed by atoms with van der Waals surface area (Å²) in [5.41, 5.74) is 1.90. The van der Waals surface area contributed by atoms with Gasteiger partial charge in [-0.3, -0.25) is 4.79 Å². The predicted octanol–water partition coefficient (Wildman–Crippen LogP) is 2.19. The molecule has 0 saturated carbocycles. The van der Waals surface area contributed by atoms with E-state index in [1.54, 1.807) is 7.11 Å². The lowest BCUT2D eigenvalue weighted by atomic mass is 10.1. The van der Waals surface area contributed by atoms with Gasteiger partial charge in [-0.2, -0.15) is 0 Å². The van der Waals surface area contributed by atoms with Gasteiger partial charge in [0.05, 0.1) is 7.11 Å². The van der Waals surface area contributed by atoms with Gasteiger partial charge in [0.15, 0.2) is 0 Å². The summed E-state index contributed by atoms with van der Waals surface area (Å²) in [6.45, 7) is 6.62. The van der Waals surface area contributed by atoms with Gasteiger partial charge in [0.1, 0.15) is 5.75 Å². The maximum absolute atomic E-state index is 11.0. The van der Waals surface area contributed by atoms with Crippen molar-refractivity contribution in [3.8, 4) is 5.75 Å². The zero-order valence-electron chi connectivity index (χ0n) is 11.5. The van der Waals surface area contributed by atoms with Gasteiger partial charge in [0.2, 0.25) is 5.91 Å². The van der Waals surface area contributed by atoms with Gasteiger partial charge >= 0.3 is 0 Å². The van der Waals surface area contributed by atoms with E-state index in [1.807, 2.05) is 18.2 Å². The average Bonchev–Trinajstić information content (AvgIpc) is 2.28. The molecular weight excluding hydrogens is 228 g/mol. The molecule has 0 aliphatic heterocycles. The van der Waals surface area contributed by atoms with Crippen LogP contribution in [-0.4, -0.2) is 25.6 Å². The average molecular weight is 250 g/mol. The highest BCUT2D eigenvalue weighted by Crippen LogP contribution is 2.23. The molecule has 0 spiro atoms. The molecule has 0 unspecified atom stereocenters. The van der Waals surface area contributed by atoms with Gasteiger partial charge in [-0.25, -0.2) is 0 Å². The Hall–Kier alpha value is -1.55. The van der Waals surface area contributed by atoms with E-state index in [4.69, 9.17) is 4.74 Å². The summed E-state index contributed by atoms with van der Waals surface area (Å²) < 4.78 is 5.32. The van der Waals surface area contributed by atoms with Crippen LogP contribution < -0.4 is 15.4 Å². The first-order valence-electron chi connectivity index (χ1n) is 6.21. The molecule has 0 aromatic heterocycles. The monoisotopic (exact) mass is 250 g/mol. The van der Waals surface area contributed by atoms with Crippen LogP contribution in [0, 0.1) is 0 Å². The number of anilines is 1. The minimum absolute atomic E-state index is 0.0635. The SMILES string of the molecule is COc1ccc(NC(C)=O)cc1CCNC(C)C. The number of ether oxygens (including phenoxy) is 1. The van der Waals surface area contributed by atoms with Crippen molar-refractivity contribution < 1.29 is 9.53 Å². The van der Waals surface area contributed by atoms with Gasteiger partial charge in [-0.15, -0.1) is 0 Å². The van der Waals surface area contributed by atoms with Crippen molar-refractivity contribution in [2.75, 3.05) is 19.0 Å². The van der Waals surface area contributed by atoms with E-state index in [0.717, 1.165) is 30.0 Å². The third-order valence-corrected chi connectivity index (χ3v) is 2.55. The smallest absolute Gasteiger partial charge is 0.221 e. The molecule has 0 bridgehead atoms. The van der Waals surface area contributed by atoms with Gasteiger partial charge in [-0.1, -0.05) is 13.8 Å². The van der Waals surface area contributed by atoms with Gasteiger partial charge in [0.25, 0.3) is 0 Å². The third-order valence-electron chi connectivity index (χ3n) is 2.55. The van der Waals surface area contributed by atoms with E-state index in [9.17, 15) is 4.79 Å². The molecule has 2 N–H and O–H groups in total. The first-order chi connectivity index (χ1) is 8.52. The maximum atomic E-state index is 11.0. The summed E-state index contributed by atoms with van der Waals surface area (Å²) in [6, 6.07) is 6.16. The largest absolute Gasteiger partial charge is 0.496 e. The molecule has 4 heteroatoms. The molecule has 1 aromatic carbocycles. The highest BCUT2D eigenvalue weighted by atomic mass is 16.5. The maximum Gasteiger partial charge on any atom is 0.221 e. The number of amides is 1. The van der Waals surface area contributed by atoms with Crippen LogP contribution in [0.3, 0.4) is 0 Å². The Labute approximate surface area is 109 Å². The van der Waals surface area contributed by atoms with Crippen molar-refractivity contribution >= 4 is 11.6 Å². The van der Waals surface area contributed by atoms with Crippen molar-refractivity contribution in [3.63, 3.8) is 0 Å². The summed E-state index contributed by atoms with van der Waals surface area (Å²) in [5.74, 6) is 0.793. The molecular formula is C14H22N2O2. The van der Waals surface area contributed by atoms with Crippen LogP contribution in [0.2, 0.25) is 0 Å². The zero-order valence-corrected chi connectivity index (χ0v) is 11.5. The standard InChI is InChI=1S/C14H22N2O2/c1-10(2)15-8-7-12-9-13(16-11(3)17)5-6-14(12)18-4/h5-6,9-10,15H,7-8H2,1-4H3,(H,16,17). The number of methoxy groups -OCH3 is 1. The topological polar surface area (TPSA) is 50.4 Å². The zero-order chi connectivity index (χ0) is 13.5. The number of carbonyl (C=O) groups is 1. The van der Waals surface area contributed by atoms with E-state index in [0.29, 0.717) is 6.04 Å². The van der Waals surface area contributed by atoms with Crippen LogP contribution in [0.25, 0.3) is 0 Å².